The average molecular weight is 239 g/mol. The Morgan fingerprint density at radius 3 is 2.38 bits per heavy atom. The fraction of sp³-hybridized carbons (Fsp3) is 0.538. The van der Waals surface area contributed by atoms with E-state index in [1.54, 1.807) is 11.8 Å². The van der Waals surface area contributed by atoms with Gasteiger partial charge in [0.2, 0.25) is 0 Å². The molecular formula is C13H21NOS. The Morgan fingerprint density at radius 1 is 1.25 bits per heavy atom. The van der Waals surface area contributed by atoms with Crippen LogP contribution < -0.4 is 5.32 Å². The van der Waals surface area contributed by atoms with E-state index >= 15 is 0 Å². The lowest BCUT2D eigenvalue weighted by Crippen LogP contribution is -2.11. The van der Waals surface area contributed by atoms with Crippen LogP contribution in [0.15, 0.2) is 29.2 Å². The molecule has 2 unspecified atom stereocenters. The summed E-state index contributed by atoms with van der Waals surface area (Å²) in [5.74, 6) is 1.33. The van der Waals surface area contributed by atoms with Crippen molar-refractivity contribution in [2.75, 3.05) is 19.4 Å². The highest BCUT2D eigenvalue weighted by molar-refractivity contribution is 7.99. The number of nitrogens with one attached hydrogen (secondary N) is 1. The molecule has 0 heterocycles. The van der Waals surface area contributed by atoms with Gasteiger partial charge in [0.1, 0.15) is 0 Å². The van der Waals surface area contributed by atoms with Gasteiger partial charge in [0.25, 0.3) is 0 Å². The van der Waals surface area contributed by atoms with Gasteiger partial charge in [-0.3, -0.25) is 0 Å². The smallest absolute Gasteiger partial charge is 0.0464 e. The zero-order valence-corrected chi connectivity index (χ0v) is 11.1. The first-order chi connectivity index (χ1) is 7.67. The van der Waals surface area contributed by atoms with E-state index in [0.29, 0.717) is 12.0 Å². The van der Waals surface area contributed by atoms with Crippen LogP contribution in [0.25, 0.3) is 0 Å². The molecule has 0 aliphatic carbocycles. The molecule has 0 aliphatic heterocycles. The van der Waals surface area contributed by atoms with Crippen LogP contribution >= 0.6 is 11.8 Å². The summed E-state index contributed by atoms with van der Waals surface area (Å²) in [7, 11) is 1.97. The monoisotopic (exact) mass is 239 g/mol. The predicted octanol–water partition coefficient (Wildman–Crippen LogP) is 2.69. The number of thioether (sulfide) groups is 1. The molecule has 1 rings (SSSR count). The molecular weight excluding hydrogens is 218 g/mol. The summed E-state index contributed by atoms with van der Waals surface area (Å²) in [6, 6.07) is 9.02. The van der Waals surface area contributed by atoms with E-state index < -0.39 is 0 Å². The van der Waals surface area contributed by atoms with Gasteiger partial charge < -0.3 is 10.4 Å². The number of aliphatic hydroxyl groups is 1. The van der Waals surface area contributed by atoms with E-state index in [-0.39, 0.29) is 6.61 Å². The Hall–Kier alpha value is -0.510. The van der Waals surface area contributed by atoms with Gasteiger partial charge in [0, 0.05) is 23.3 Å². The van der Waals surface area contributed by atoms with Gasteiger partial charge in [-0.2, -0.15) is 0 Å². The van der Waals surface area contributed by atoms with Crippen LogP contribution in [-0.2, 0) is 0 Å². The summed E-state index contributed by atoms with van der Waals surface area (Å²) in [6.45, 7) is 4.47. The maximum Gasteiger partial charge on any atom is 0.0464 e. The van der Waals surface area contributed by atoms with Gasteiger partial charge in [-0.15, -0.1) is 11.8 Å². The molecule has 0 aromatic heterocycles. The molecule has 1 aromatic rings. The Bertz CT molecular complexity index is 299. The predicted molar refractivity (Wildman–Crippen MR) is 70.9 cm³/mol. The summed E-state index contributed by atoms with van der Waals surface area (Å²) in [5, 5.41) is 12.2. The van der Waals surface area contributed by atoms with Crippen molar-refractivity contribution in [2.45, 2.75) is 24.8 Å². The van der Waals surface area contributed by atoms with Crippen LogP contribution in [0.4, 0.5) is 0 Å². The number of hydrogen-bond acceptors (Lipinski definition) is 3. The SMILES string of the molecule is CNC(C)c1ccc(SCC(C)CO)cc1. The molecule has 2 nitrogen and oxygen atoms in total. The molecule has 0 saturated carbocycles. The second-order valence-electron chi connectivity index (χ2n) is 4.18. The Kier molecular flexibility index (Phi) is 5.88. The first-order valence-electron chi connectivity index (χ1n) is 5.68. The lowest BCUT2D eigenvalue weighted by Gasteiger charge is -2.11. The molecule has 0 fully saturated rings. The summed E-state index contributed by atoms with van der Waals surface area (Å²) >= 11 is 1.80. The van der Waals surface area contributed by atoms with Crippen LogP contribution in [0.3, 0.4) is 0 Å². The zero-order valence-electron chi connectivity index (χ0n) is 10.2. The minimum atomic E-state index is 0.266. The maximum atomic E-state index is 8.94. The third-order valence-electron chi connectivity index (χ3n) is 2.66. The highest BCUT2D eigenvalue weighted by atomic mass is 32.2. The molecule has 3 heteroatoms. The first-order valence-corrected chi connectivity index (χ1v) is 6.66. The van der Waals surface area contributed by atoms with Crippen molar-refractivity contribution >= 4 is 11.8 Å². The second kappa shape index (κ2) is 6.94. The van der Waals surface area contributed by atoms with Crippen molar-refractivity contribution in [2.24, 2.45) is 5.92 Å². The highest BCUT2D eigenvalue weighted by Gasteiger charge is 2.04. The highest BCUT2D eigenvalue weighted by Crippen LogP contribution is 2.22. The van der Waals surface area contributed by atoms with Crippen LogP contribution in [0.1, 0.15) is 25.5 Å². The van der Waals surface area contributed by atoms with E-state index in [1.165, 1.54) is 10.5 Å². The van der Waals surface area contributed by atoms with Crippen molar-refractivity contribution in [3.8, 4) is 0 Å². The number of hydrogen-bond donors (Lipinski definition) is 2. The lowest BCUT2D eigenvalue weighted by molar-refractivity contribution is 0.250. The van der Waals surface area contributed by atoms with Crippen molar-refractivity contribution < 1.29 is 5.11 Å². The minimum absolute atomic E-state index is 0.266. The molecule has 16 heavy (non-hydrogen) atoms. The van der Waals surface area contributed by atoms with E-state index in [0.717, 1.165) is 5.75 Å². The van der Waals surface area contributed by atoms with Crippen molar-refractivity contribution in [1.29, 1.82) is 0 Å². The van der Waals surface area contributed by atoms with Crippen LogP contribution in [0.5, 0.6) is 0 Å². The molecule has 0 aliphatic rings. The van der Waals surface area contributed by atoms with Gasteiger partial charge in [-0.25, -0.2) is 0 Å². The van der Waals surface area contributed by atoms with Crippen molar-refractivity contribution in [3.05, 3.63) is 29.8 Å². The average Bonchev–Trinajstić information content (AvgIpc) is 2.35. The van der Waals surface area contributed by atoms with E-state index in [9.17, 15) is 0 Å². The van der Waals surface area contributed by atoms with Crippen LogP contribution in [0.2, 0.25) is 0 Å². The normalized spacial score (nSPS) is 14.8. The lowest BCUT2D eigenvalue weighted by atomic mass is 10.1. The standard InChI is InChI=1S/C13H21NOS/c1-10(8-15)9-16-13-6-4-12(5-7-13)11(2)14-3/h4-7,10-11,14-15H,8-9H2,1-3H3. The molecule has 0 amide bonds. The molecule has 0 spiro atoms. The topological polar surface area (TPSA) is 32.3 Å². The summed E-state index contributed by atoms with van der Waals surface area (Å²) in [4.78, 5) is 1.27. The van der Waals surface area contributed by atoms with Gasteiger partial charge in [0.15, 0.2) is 0 Å². The number of rotatable bonds is 6. The van der Waals surface area contributed by atoms with Gasteiger partial charge in [-0.1, -0.05) is 19.1 Å². The largest absolute Gasteiger partial charge is 0.396 e. The molecule has 90 valence electrons. The third kappa shape index (κ3) is 4.16. The van der Waals surface area contributed by atoms with Gasteiger partial charge in [0.05, 0.1) is 0 Å². The van der Waals surface area contributed by atoms with Crippen LogP contribution in [0, 0.1) is 5.92 Å². The fourth-order valence-corrected chi connectivity index (χ4v) is 2.22. The Balaban J connectivity index is 2.51. The molecule has 1 aromatic carbocycles. The molecule has 2 N–H and O–H groups in total. The number of benzene rings is 1. The summed E-state index contributed by atoms with van der Waals surface area (Å²) < 4.78 is 0. The third-order valence-corrected chi connectivity index (χ3v) is 4.00. The second-order valence-corrected chi connectivity index (χ2v) is 5.27. The van der Waals surface area contributed by atoms with E-state index in [4.69, 9.17) is 5.11 Å². The van der Waals surface area contributed by atoms with Crippen LogP contribution in [-0.4, -0.2) is 24.5 Å². The minimum Gasteiger partial charge on any atom is -0.396 e. The van der Waals surface area contributed by atoms with E-state index in [2.05, 4.69) is 43.4 Å². The van der Waals surface area contributed by atoms with Gasteiger partial charge >= 0.3 is 0 Å². The molecule has 2 atom stereocenters. The number of aliphatic hydroxyl groups excluding tert-OH is 1. The van der Waals surface area contributed by atoms with Crippen molar-refractivity contribution in [3.63, 3.8) is 0 Å². The molecule has 0 saturated heterocycles. The zero-order chi connectivity index (χ0) is 12.0. The van der Waals surface area contributed by atoms with Gasteiger partial charge in [-0.05, 0) is 37.6 Å². The quantitative estimate of drug-likeness (QED) is 0.749. The molecule has 0 radical (unpaired) electrons. The summed E-state index contributed by atoms with van der Waals surface area (Å²) in [6.07, 6.45) is 0. The molecule has 0 bridgehead atoms. The Labute approximate surface area is 102 Å². The Morgan fingerprint density at radius 2 is 1.88 bits per heavy atom. The maximum absolute atomic E-state index is 8.94. The summed E-state index contributed by atoms with van der Waals surface area (Å²) in [5.41, 5.74) is 1.31. The first kappa shape index (κ1) is 13.6. The van der Waals surface area contributed by atoms with Crippen molar-refractivity contribution in [1.82, 2.24) is 5.32 Å². The van der Waals surface area contributed by atoms with E-state index in [1.807, 2.05) is 7.05 Å². The fourth-order valence-electron chi connectivity index (χ4n) is 1.31.